The van der Waals surface area contributed by atoms with Crippen molar-refractivity contribution in [2.24, 2.45) is 23.7 Å². The SMILES string of the molecule is C[C-]1C(C)C(C)C(C)C1C.[CH3-].[Cl][Zr+2][Cl]. The summed E-state index contributed by atoms with van der Waals surface area (Å²) in [6, 6.07) is 0. The molecule has 0 saturated heterocycles. The minimum atomic E-state index is -0.826. The Bertz CT molecular complexity index is 96.4. The van der Waals surface area contributed by atoms with Gasteiger partial charge in [-0.2, -0.15) is 18.8 Å². The third kappa shape index (κ3) is 4.54. The molecule has 1 saturated carbocycles. The summed E-state index contributed by atoms with van der Waals surface area (Å²) < 4.78 is 0. The Morgan fingerprint density at radius 2 is 1.14 bits per heavy atom. The van der Waals surface area contributed by atoms with Gasteiger partial charge in [0.25, 0.3) is 0 Å². The molecule has 0 spiro atoms. The summed E-state index contributed by atoms with van der Waals surface area (Å²) in [6.07, 6.45) is 0. The van der Waals surface area contributed by atoms with Gasteiger partial charge in [0.2, 0.25) is 0 Å². The Balaban J connectivity index is 0. The molecular formula is C11H22Cl2Zr. The van der Waals surface area contributed by atoms with Gasteiger partial charge in [-0.15, -0.1) is 0 Å². The van der Waals surface area contributed by atoms with Gasteiger partial charge in [-0.3, -0.25) is 0 Å². The first-order valence-corrected chi connectivity index (χ1v) is 11.1. The molecule has 4 atom stereocenters. The van der Waals surface area contributed by atoms with Crippen molar-refractivity contribution in [3.8, 4) is 0 Å². The van der Waals surface area contributed by atoms with E-state index in [1.54, 1.807) is 5.92 Å². The molecule has 14 heavy (non-hydrogen) atoms. The molecule has 0 nitrogen and oxygen atoms in total. The van der Waals surface area contributed by atoms with E-state index < -0.39 is 20.8 Å². The Labute approximate surface area is 109 Å². The zero-order valence-corrected chi connectivity index (χ0v) is 14.0. The maximum atomic E-state index is 4.93. The second kappa shape index (κ2) is 8.60. The molecular weight excluding hydrogens is 294 g/mol. The predicted octanol–water partition coefficient (Wildman–Crippen LogP) is 4.97. The van der Waals surface area contributed by atoms with Gasteiger partial charge in [-0.05, 0) is 0 Å². The van der Waals surface area contributed by atoms with E-state index in [4.69, 9.17) is 17.0 Å². The van der Waals surface area contributed by atoms with Crippen molar-refractivity contribution in [1.29, 1.82) is 0 Å². The van der Waals surface area contributed by atoms with Crippen LogP contribution in [0.3, 0.4) is 0 Å². The molecule has 1 fully saturated rings. The Morgan fingerprint density at radius 3 is 1.21 bits per heavy atom. The maximum absolute atomic E-state index is 4.93. The molecule has 4 unspecified atom stereocenters. The summed E-state index contributed by atoms with van der Waals surface area (Å²) in [5.74, 6) is 5.21. The molecule has 0 radical (unpaired) electrons. The van der Waals surface area contributed by atoms with E-state index in [0.29, 0.717) is 0 Å². The molecule has 0 amide bonds. The van der Waals surface area contributed by atoms with Crippen LogP contribution in [0.5, 0.6) is 0 Å². The molecule has 1 aliphatic rings. The molecule has 0 aliphatic heterocycles. The second-order valence-electron chi connectivity index (χ2n) is 4.11. The Morgan fingerprint density at radius 1 is 0.929 bits per heavy atom. The molecule has 0 aromatic rings. The molecule has 3 heteroatoms. The minimum absolute atomic E-state index is 0. The van der Waals surface area contributed by atoms with Crippen LogP contribution in [0, 0.1) is 37.0 Å². The molecule has 1 aliphatic carbocycles. The Kier molecular flexibility index (Phi) is 11.0. The van der Waals surface area contributed by atoms with E-state index in [1.807, 2.05) is 0 Å². The van der Waals surface area contributed by atoms with Gasteiger partial charge >= 0.3 is 37.9 Å². The van der Waals surface area contributed by atoms with Crippen LogP contribution in [0.1, 0.15) is 34.6 Å². The summed E-state index contributed by atoms with van der Waals surface area (Å²) >= 11 is -0.826. The number of hydrogen-bond acceptors (Lipinski definition) is 0. The van der Waals surface area contributed by atoms with Gasteiger partial charge in [0.15, 0.2) is 0 Å². The third-order valence-corrected chi connectivity index (χ3v) is 3.84. The number of rotatable bonds is 0. The average molecular weight is 316 g/mol. The second-order valence-corrected chi connectivity index (χ2v) is 7.84. The fourth-order valence-electron chi connectivity index (χ4n) is 2.15. The first kappa shape index (κ1) is 17.8. The van der Waals surface area contributed by atoms with E-state index in [9.17, 15) is 0 Å². The molecule has 0 N–H and O–H groups in total. The van der Waals surface area contributed by atoms with Gasteiger partial charge in [-0.25, -0.2) is 0 Å². The van der Waals surface area contributed by atoms with E-state index in [2.05, 4.69) is 34.6 Å². The molecule has 1 rings (SSSR count). The van der Waals surface area contributed by atoms with Crippen molar-refractivity contribution in [3.63, 3.8) is 0 Å². The van der Waals surface area contributed by atoms with Crippen molar-refractivity contribution in [1.82, 2.24) is 0 Å². The van der Waals surface area contributed by atoms with Crippen molar-refractivity contribution in [2.45, 2.75) is 34.6 Å². The summed E-state index contributed by atoms with van der Waals surface area (Å²) in [5, 5.41) is 0. The first-order chi connectivity index (χ1) is 5.97. The van der Waals surface area contributed by atoms with Crippen LogP contribution in [0.15, 0.2) is 0 Å². The third-order valence-electron chi connectivity index (χ3n) is 3.84. The zero-order valence-electron chi connectivity index (χ0n) is 10.1. The van der Waals surface area contributed by atoms with Crippen LogP contribution in [0.2, 0.25) is 0 Å². The van der Waals surface area contributed by atoms with Crippen LogP contribution >= 0.6 is 17.0 Å². The molecule has 0 bridgehead atoms. The summed E-state index contributed by atoms with van der Waals surface area (Å²) in [5.41, 5.74) is 0. The van der Waals surface area contributed by atoms with Crippen LogP contribution in [-0.4, -0.2) is 0 Å². The van der Waals surface area contributed by atoms with Crippen LogP contribution in [-0.2, 0) is 20.8 Å². The van der Waals surface area contributed by atoms with Crippen LogP contribution in [0.4, 0.5) is 0 Å². The molecule has 0 aromatic carbocycles. The standard InChI is InChI=1S/C10H19.CH3.2ClH.Zr/c1-6-7(2)9(4)10(5)8(6)3;;;;/h6-9H,1-5H3;1H3;2*1H;/q2*-1;;;+4/p-2. The van der Waals surface area contributed by atoms with Crippen molar-refractivity contribution >= 4 is 17.0 Å². The predicted molar refractivity (Wildman–Crippen MR) is 63.7 cm³/mol. The number of halogens is 2. The monoisotopic (exact) mass is 314 g/mol. The summed E-state index contributed by atoms with van der Waals surface area (Å²) in [4.78, 5) is 0. The van der Waals surface area contributed by atoms with Crippen LogP contribution in [0.25, 0.3) is 0 Å². The van der Waals surface area contributed by atoms with Gasteiger partial charge in [0.05, 0.1) is 0 Å². The summed E-state index contributed by atoms with van der Waals surface area (Å²) in [6.45, 7) is 11.8. The first-order valence-electron chi connectivity index (χ1n) is 4.76. The van der Waals surface area contributed by atoms with E-state index in [1.165, 1.54) is 0 Å². The van der Waals surface area contributed by atoms with Gasteiger partial charge < -0.3 is 13.3 Å². The Hall–Kier alpha value is 1.46. The van der Waals surface area contributed by atoms with Gasteiger partial charge in [0.1, 0.15) is 0 Å². The normalized spacial score (nSPS) is 36.5. The van der Waals surface area contributed by atoms with Crippen molar-refractivity contribution in [3.05, 3.63) is 13.3 Å². The topological polar surface area (TPSA) is 0 Å². The van der Waals surface area contributed by atoms with E-state index in [0.717, 1.165) is 23.7 Å². The van der Waals surface area contributed by atoms with Gasteiger partial charge in [-0.1, -0.05) is 39.5 Å². The molecule has 0 aromatic heterocycles. The fourth-order valence-corrected chi connectivity index (χ4v) is 2.15. The fraction of sp³-hybridized carbons (Fsp3) is 0.818. The van der Waals surface area contributed by atoms with Gasteiger partial charge in [0, 0.05) is 0 Å². The van der Waals surface area contributed by atoms with Crippen molar-refractivity contribution in [2.75, 3.05) is 0 Å². The van der Waals surface area contributed by atoms with E-state index in [-0.39, 0.29) is 7.43 Å². The quantitative estimate of drug-likeness (QED) is 0.554. The van der Waals surface area contributed by atoms with E-state index >= 15 is 0 Å². The molecule has 0 heterocycles. The zero-order chi connectivity index (χ0) is 10.6. The average Bonchev–Trinajstić information content (AvgIpc) is 2.25. The number of hydrogen-bond donors (Lipinski definition) is 0. The van der Waals surface area contributed by atoms with Crippen LogP contribution < -0.4 is 0 Å². The summed E-state index contributed by atoms with van der Waals surface area (Å²) in [7, 11) is 9.87. The molecule has 84 valence electrons. The van der Waals surface area contributed by atoms with Crippen molar-refractivity contribution < 1.29 is 20.8 Å².